The van der Waals surface area contributed by atoms with Crippen molar-refractivity contribution in [2.75, 3.05) is 13.1 Å². The molecule has 0 spiro atoms. The minimum Gasteiger partial charge on any atom is -0.348 e. The Bertz CT molecular complexity index is 860. The molecule has 1 aliphatic rings. The molecule has 0 bridgehead atoms. The number of aromatic nitrogens is 3. The summed E-state index contributed by atoms with van der Waals surface area (Å²) in [5.41, 5.74) is -3.78. The van der Waals surface area contributed by atoms with E-state index in [1.54, 1.807) is 0 Å². The zero-order chi connectivity index (χ0) is 21.2. The van der Waals surface area contributed by atoms with E-state index in [0.717, 1.165) is 25.6 Å². The lowest BCUT2D eigenvalue weighted by Crippen LogP contribution is -2.37. The number of nitrogens with zero attached hydrogens (tertiary/aromatic N) is 3. The van der Waals surface area contributed by atoms with Crippen molar-refractivity contribution in [1.82, 2.24) is 25.8 Å². The van der Waals surface area contributed by atoms with E-state index in [0.29, 0.717) is 12.1 Å². The van der Waals surface area contributed by atoms with Crippen molar-refractivity contribution >= 4 is 5.91 Å². The minimum absolute atomic E-state index is 0.0142. The van der Waals surface area contributed by atoms with Crippen molar-refractivity contribution in [3.8, 4) is 11.3 Å². The van der Waals surface area contributed by atoms with Crippen molar-refractivity contribution in [2.24, 2.45) is 0 Å². The summed E-state index contributed by atoms with van der Waals surface area (Å²) in [4.78, 5) is 16.0. The van der Waals surface area contributed by atoms with Gasteiger partial charge in [0.05, 0.1) is 23.0 Å². The second kappa shape index (κ2) is 7.93. The quantitative estimate of drug-likeness (QED) is 0.745. The Morgan fingerprint density at radius 3 is 2.31 bits per heavy atom. The van der Waals surface area contributed by atoms with Gasteiger partial charge in [0.1, 0.15) is 0 Å². The predicted octanol–water partition coefficient (Wildman–Crippen LogP) is 3.06. The van der Waals surface area contributed by atoms with Crippen LogP contribution in [-0.2, 0) is 12.4 Å². The normalized spacial score (nSPS) is 17.4. The fourth-order valence-corrected chi connectivity index (χ4v) is 2.87. The zero-order valence-corrected chi connectivity index (χ0v) is 14.7. The van der Waals surface area contributed by atoms with Gasteiger partial charge < -0.3 is 10.6 Å². The van der Waals surface area contributed by atoms with E-state index in [4.69, 9.17) is 0 Å². The third-order valence-electron chi connectivity index (χ3n) is 4.32. The van der Waals surface area contributed by atoms with Gasteiger partial charge in [-0.1, -0.05) is 0 Å². The van der Waals surface area contributed by atoms with Gasteiger partial charge in [0.15, 0.2) is 0 Å². The van der Waals surface area contributed by atoms with E-state index in [9.17, 15) is 31.1 Å². The number of nitrogens with one attached hydrogen (secondary N) is 2. The topological polar surface area (TPSA) is 79.8 Å². The second-order valence-corrected chi connectivity index (χ2v) is 6.46. The van der Waals surface area contributed by atoms with E-state index in [2.05, 4.69) is 25.8 Å². The Labute approximate surface area is 160 Å². The number of halogens is 6. The van der Waals surface area contributed by atoms with Crippen LogP contribution in [0.3, 0.4) is 0 Å². The fraction of sp³-hybridized carbons (Fsp3) is 0.412. The third kappa shape index (κ3) is 5.19. The Morgan fingerprint density at radius 2 is 1.76 bits per heavy atom. The molecule has 1 amide bonds. The van der Waals surface area contributed by atoms with Gasteiger partial charge in [-0.05, 0) is 37.6 Å². The number of benzene rings is 1. The summed E-state index contributed by atoms with van der Waals surface area (Å²) in [6, 6.07) is 1.13. The zero-order valence-electron chi connectivity index (χ0n) is 14.7. The average Bonchev–Trinajstić information content (AvgIpc) is 3.18. The molecule has 0 radical (unpaired) electrons. The van der Waals surface area contributed by atoms with Gasteiger partial charge in [-0.2, -0.15) is 31.4 Å². The molecule has 1 aromatic carbocycles. The molecular weight excluding hydrogens is 404 g/mol. The van der Waals surface area contributed by atoms with Crippen LogP contribution in [0.4, 0.5) is 26.3 Å². The molecule has 2 aromatic rings. The highest BCUT2D eigenvalue weighted by Crippen LogP contribution is 2.38. The summed E-state index contributed by atoms with van der Waals surface area (Å²) in [5.74, 6) is -1.18. The summed E-state index contributed by atoms with van der Waals surface area (Å²) in [6.07, 6.45) is -7.27. The fourth-order valence-electron chi connectivity index (χ4n) is 2.87. The van der Waals surface area contributed by atoms with Gasteiger partial charge in [0.2, 0.25) is 5.82 Å². The molecule has 2 heterocycles. The Morgan fingerprint density at radius 1 is 1.10 bits per heavy atom. The van der Waals surface area contributed by atoms with Crippen LogP contribution in [-0.4, -0.2) is 40.2 Å². The first kappa shape index (κ1) is 21.0. The molecule has 1 saturated heterocycles. The van der Waals surface area contributed by atoms with Crippen LogP contribution in [0.15, 0.2) is 24.4 Å². The molecule has 0 saturated carbocycles. The van der Waals surface area contributed by atoms with Crippen molar-refractivity contribution < 1.29 is 31.1 Å². The first-order valence-corrected chi connectivity index (χ1v) is 8.55. The first-order valence-electron chi connectivity index (χ1n) is 8.55. The molecule has 29 heavy (non-hydrogen) atoms. The highest BCUT2D eigenvalue weighted by molar-refractivity contribution is 5.90. The summed E-state index contributed by atoms with van der Waals surface area (Å²) < 4.78 is 78.1. The summed E-state index contributed by atoms with van der Waals surface area (Å²) >= 11 is 0. The molecule has 1 unspecified atom stereocenters. The molecule has 0 aliphatic carbocycles. The van der Waals surface area contributed by atoms with E-state index >= 15 is 0 Å². The number of carbonyl (C=O) groups excluding carboxylic acids is 1. The van der Waals surface area contributed by atoms with Crippen molar-refractivity contribution in [3.05, 3.63) is 41.3 Å². The van der Waals surface area contributed by atoms with E-state index < -0.39 is 40.8 Å². The van der Waals surface area contributed by atoms with Crippen LogP contribution in [0, 0.1) is 0 Å². The predicted molar refractivity (Wildman–Crippen MR) is 88.6 cm³/mol. The lowest BCUT2D eigenvalue weighted by molar-refractivity contribution is -0.143. The lowest BCUT2D eigenvalue weighted by atomic mass is 10.0. The number of alkyl halides is 6. The number of rotatable bonds is 4. The summed E-state index contributed by atoms with van der Waals surface area (Å²) in [7, 11) is 0. The van der Waals surface area contributed by atoms with Gasteiger partial charge in [-0.25, -0.2) is 4.98 Å². The summed E-state index contributed by atoms with van der Waals surface area (Å²) in [5, 5.41) is 12.7. The van der Waals surface area contributed by atoms with Crippen LogP contribution in [0.5, 0.6) is 0 Å². The van der Waals surface area contributed by atoms with Crippen LogP contribution in [0.1, 0.15) is 34.6 Å². The second-order valence-electron chi connectivity index (χ2n) is 6.46. The standard InChI is InChI=1S/C17H15F6N5O/c18-16(19,20)10-4-9(5-11(6-10)17(21,22)23)13-8-26-28-14(27-13)15(29)25-7-12-2-1-3-24-12/h4-6,8,12,24H,1-3,7H2,(H,25,29). The maximum absolute atomic E-state index is 13.0. The third-order valence-corrected chi connectivity index (χ3v) is 4.32. The van der Waals surface area contributed by atoms with E-state index in [1.165, 1.54) is 0 Å². The SMILES string of the molecule is O=C(NCC1CCCN1)c1nncc(-c2cc(C(F)(F)F)cc(C(F)(F)F)c2)n1. The average molecular weight is 419 g/mol. The first-order chi connectivity index (χ1) is 13.5. The minimum atomic E-state index is -5.00. The Hall–Kier alpha value is -2.76. The van der Waals surface area contributed by atoms with Gasteiger partial charge in [0, 0.05) is 18.2 Å². The smallest absolute Gasteiger partial charge is 0.348 e. The van der Waals surface area contributed by atoms with Gasteiger partial charge in [0.25, 0.3) is 5.91 Å². The maximum Gasteiger partial charge on any atom is 0.416 e. The molecule has 2 N–H and O–H groups in total. The molecule has 12 heteroatoms. The van der Waals surface area contributed by atoms with Crippen LogP contribution >= 0.6 is 0 Å². The molecule has 3 rings (SSSR count). The van der Waals surface area contributed by atoms with Gasteiger partial charge >= 0.3 is 12.4 Å². The Kier molecular flexibility index (Phi) is 5.73. The molecule has 1 aromatic heterocycles. The van der Waals surface area contributed by atoms with Crippen LogP contribution < -0.4 is 10.6 Å². The number of carbonyl (C=O) groups is 1. The highest BCUT2D eigenvalue weighted by Gasteiger charge is 2.37. The monoisotopic (exact) mass is 419 g/mol. The lowest BCUT2D eigenvalue weighted by Gasteiger charge is -2.14. The summed E-state index contributed by atoms with van der Waals surface area (Å²) in [6.45, 7) is 1.11. The maximum atomic E-state index is 13.0. The Balaban J connectivity index is 1.90. The van der Waals surface area contributed by atoms with Gasteiger partial charge in [-0.3, -0.25) is 4.79 Å². The van der Waals surface area contributed by atoms with E-state index in [1.807, 2.05) is 0 Å². The molecule has 6 nitrogen and oxygen atoms in total. The number of hydrogen-bond donors (Lipinski definition) is 2. The molecule has 1 aliphatic heterocycles. The molecule has 1 atom stereocenters. The largest absolute Gasteiger partial charge is 0.416 e. The van der Waals surface area contributed by atoms with E-state index in [-0.39, 0.29) is 24.3 Å². The van der Waals surface area contributed by atoms with Crippen molar-refractivity contribution in [1.29, 1.82) is 0 Å². The highest BCUT2D eigenvalue weighted by atomic mass is 19.4. The molecule has 1 fully saturated rings. The molecule has 156 valence electrons. The molecular formula is C17H15F6N5O. The van der Waals surface area contributed by atoms with Crippen LogP contribution in [0.25, 0.3) is 11.3 Å². The van der Waals surface area contributed by atoms with Gasteiger partial charge in [-0.15, -0.1) is 5.10 Å². The van der Waals surface area contributed by atoms with Crippen LogP contribution in [0.2, 0.25) is 0 Å². The number of hydrogen-bond acceptors (Lipinski definition) is 5. The number of amides is 1. The van der Waals surface area contributed by atoms with Crippen molar-refractivity contribution in [3.63, 3.8) is 0 Å². The van der Waals surface area contributed by atoms with Crippen molar-refractivity contribution in [2.45, 2.75) is 31.2 Å².